The van der Waals surface area contributed by atoms with Gasteiger partial charge in [0, 0.05) is 16.9 Å². The lowest BCUT2D eigenvalue weighted by atomic mass is 10.1. The fourth-order valence-electron chi connectivity index (χ4n) is 2.73. The summed E-state index contributed by atoms with van der Waals surface area (Å²) < 4.78 is 28.0. The zero-order valence-corrected chi connectivity index (χ0v) is 16.6. The topological polar surface area (TPSA) is 75.3 Å². The van der Waals surface area contributed by atoms with E-state index in [2.05, 4.69) is 10.0 Å². The number of carbonyl (C=O) groups excluding carboxylic acids is 1. The minimum absolute atomic E-state index is 0.0319. The van der Waals surface area contributed by atoms with E-state index in [4.69, 9.17) is 0 Å². The van der Waals surface area contributed by atoms with Crippen molar-refractivity contribution in [3.05, 3.63) is 89.5 Å². The van der Waals surface area contributed by atoms with Crippen LogP contribution in [0.4, 0.5) is 11.4 Å². The van der Waals surface area contributed by atoms with Crippen molar-refractivity contribution in [3.8, 4) is 0 Å². The Hall–Kier alpha value is -3.12. The summed E-state index contributed by atoms with van der Waals surface area (Å²) in [6, 6.07) is 20.6. The largest absolute Gasteiger partial charge is 0.322 e. The minimum atomic E-state index is -3.80. The molecule has 0 atom stereocenters. The Morgan fingerprint density at radius 3 is 2.32 bits per heavy atom. The van der Waals surface area contributed by atoms with Crippen LogP contribution in [-0.2, 0) is 16.4 Å². The van der Waals surface area contributed by atoms with Crippen molar-refractivity contribution in [2.75, 3.05) is 10.0 Å². The third kappa shape index (κ3) is 4.58. The second kappa shape index (κ2) is 8.27. The summed E-state index contributed by atoms with van der Waals surface area (Å²) in [5.41, 5.74) is 3.49. The van der Waals surface area contributed by atoms with E-state index in [0.717, 1.165) is 17.5 Å². The maximum Gasteiger partial charge on any atom is 0.261 e. The number of hydrogen-bond donors (Lipinski definition) is 2. The SMILES string of the molecule is CCc1ccc(NS(=O)(=O)c2cccc(C(=O)Nc3ccccc3C)c2)cc1. The summed E-state index contributed by atoms with van der Waals surface area (Å²) >= 11 is 0. The molecule has 0 aromatic heterocycles. The first kappa shape index (κ1) is 19.6. The molecular formula is C22H22N2O3S. The number of amides is 1. The molecular weight excluding hydrogens is 372 g/mol. The zero-order valence-electron chi connectivity index (χ0n) is 15.8. The van der Waals surface area contributed by atoms with E-state index >= 15 is 0 Å². The van der Waals surface area contributed by atoms with Gasteiger partial charge in [0.1, 0.15) is 0 Å². The standard InChI is InChI=1S/C22H22N2O3S/c1-3-17-11-13-19(14-12-17)24-28(26,27)20-9-6-8-18(15-20)22(25)23-21-10-5-4-7-16(21)2/h4-15,24H,3H2,1-2H3,(H,23,25). The van der Waals surface area contributed by atoms with E-state index in [1.807, 2.05) is 44.2 Å². The van der Waals surface area contributed by atoms with Gasteiger partial charge in [-0.3, -0.25) is 9.52 Å². The maximum atomic E-state index is 12.7. The summed E-state index contributed by atoms with van der Waals surface area (Å²) in [6.07, 6.45) is 0.880. The van der Waals surface area contributed by atoms with E-state index < -0.39 is 10.0 Å². The van der Waals surface area contributed by atoms with Crippen LogP contribution in [0.15, 0.2) is 77.7 Å². The predicted octanol–water partition coefficient (Wildman–Crippen LogP) is 4.61. The number of benzene rings is 3. The molecule has 3 rings (SSSR count). The fourth-order valence-corrected chi connectivity index (χ4v) is 3.84. The molecule has 3 aromatic rings. The van der Waals surface area contributed by atoms with Gasteiger partial charge in [-0.05, 0) is 60.9 Å². The van der Waals surface area contributed by atoms with Crippen molar-refractivity contribution in [2.45, 2.75) is 25.2 Å². The molecule has 0 heterocycles. The summed E-state index contributed by atoms with van der Waals surface area (Å²) in [6.45, 7) is 3.93. The van der Waals surface area contributed by atoms with Gasteiger partial charge in [0.25, 0.3) is 15.9 Å². The molecule has 0 aliphatic heterocycles. The molecule has 0 saturated carbocycles. The van der Waals surface area contributed by atoms with Crippen molar-refractivity contribution in [1.82, 2.24) is 0 Å². The molecule has 5 nitrogen and oxygen atoms in total. The monoisotopic (exact) mass is 394 g/mol. The van der Waals surface area contributed by atoms with Crippen molar-refractivity contribution < 1.29 is 13.2 Å². The van der Waals surface area contributed by atoms with Gasteiger partial charge in [0.15, 0.2) is 0 Å². The first-order valence-electron chi connectivity index (χ1n) is 8.98. The molecule has 1 amide bonds. The van der Waals surface area contributed by atoms with Crippen LogP contribution in [0.3, 0.4) is 0 Å². The highest BCUT2D eigenvalue weighted by Crippen LogP contribution is 2.19. The number of hydrogen-bond acceptors (Lipinski definition) is 3. The first-order chi connectivity index (χ1) is 13.4. The molecule has 0 spiro atoms. The summed E-state index contributed by atoms with van der Waals surface area (Å²) in [7, 11) is -3.80. The number of anilines is 2. The molecule has 0 fully saturated rings. The minimum Gasteiger partial charge on any atom is -0.322 e. The quantitative estimate of drug-likeness (QED) is 0.641. The number of nitrogens with one attached hydrogen (secondary N) is 2. The van der Waals surface area contributed by atoms with E-state index in [0.29, 0.717) is 11.4 Å². The van der Waals surface area contributed by atoms with Crippen LogP contribution in [0, 0.1) is 6.92 Å². The number of para-hydroxylation sites is 1. The van der Waals surface area contributed by atoms with Gasteiger partial charge >= 0.3 is 0 Å². The lowest BCUT2D eigenvalue weighted by Gasteiger charge is -2.11. The van der Waals surface area contributed by atoms with Crippen LogP contribution in [0.1, 0.15) is 28.4 Å². The lowest BCUT2D eigenvalue weighted by molar-refractivity contribution is 0.102. The van der Waals surface area contributed by atoms with Crippen LogP contribution >= 0.6 is 0 Å². The first-order valence-corrected chi connectivity index (χ1v) is 10.5. The van der Waals surface area contributed by atoms with Gasteiger partial charge in [0.2, 0.25) is 0 Å². The highest BCUT2D eigenvalue weighted by atomic mass is 32.2. The maximum absolute atomic E-state index is 12.7. The van der Waals surface area contributed by atoms with Gasteiger partial charge in [-0.25, -0.2) is 8.42 Å². The molecule has 0 saturated heterocycles. The van der Waals surface area contributed by atoms with Crippen molar-refractivity contribution in [2.24, 2.45) is 0 Å². The zero-order chi connectivity index (χ0) is 20.1. The predicted molar refractivity (Wildman–Crippen MR) is 112 cm³/mol. The highest BCUT2D eigenvalue weighted by molar-refractivity contribution is 7.92. The Bertz CT molecular complexity index is 1090. The second-order valence-corrected chi connectivity index (χ2v) is 8.14. The van der Waals surface area contributed by atoms with Gasteiger partial charge < -0.3 is 5.32 Å². The molecule has 0 aliphatic rings. The average Bonchev–Trinajstić information content (AvgIpc) is 2.70. The Kier molecular flexibility index (Phi) is 5.80. The van der Waals surface area contributed by atoms with Gasteiger partial charge in [0.05, 0.1) is 4.90 Å². The number of sulfonamides is 1. The Morgan fingerprint density at radius 2 is 1.64 bits per heavy atom. The number of aryl methyl sites for hydroxylation is 2. The van der Waals surface area contributed by atoms with Crippen LogP contribution in [0.2, 0.25) is 0 Å². The molecule has 0 aliphatic carbocycles. The third-order valence-corrected chi connectivity index (χ3v) is 5.79. The van der Waals surface area contributed by atoms with Crippen LogP contribution in [-0.4, -0.2) is 14.3 Å². The van der Waals surface area contributed by atoms with Gasteiger partial charge in [-0.15, -0.1) is 0 Å². The molecule has 3 aromatic carbocycles. The van der Waals surface area contributed by atoms with E-state index in [-0.39, 0.29) is 16.4 Å². The van der Waals surface area contributed by atoms with E-state index in [9.17, 15) is 13.2 Å². The molecule has 28 heavy (non-hydrogen) atoms. The van der Waals surface area contributed by atoms with E-state index in [1.165, 1.54) is 12.1 Å². The molecule has 144 valence electrons. The van der Waals surface area contributed by atoms with Crippen molar-refractivity contribution in [1.29, 1.82) is 0 Å². The second-order valence-electron chi connectivity index (χ2n) is 6.45. The Balaban J connectivity index is 1.81. The average molecular weight is 394 g/mol. The summed E-state index contributed by atoms with van der Waals surface area (Å²) in [4.78, 5) is 12.6. The fraction of sp³-hybridized carbons (Fsp3) is 0.136. The Morgan fingerprint density at radius 1 is 0.929 bits per heavy atom. The van der Waals surface area contributed by atoms with Crippen molar-refractivity contribution >= 4 is 27.3 Å². The van der Waals surface area contributed by atoms with Crippen LogP contribution in [0.5, 0.6) is 0 Å². The third-order valence-electron chi connectivity index (χ3n) is 4.41. The number of carbonyl (C=O) groups is 1. The number of rotatable bonds is 6. The Labute approximate surface area is 165 Å². The normalized spacial score (nSPS) is 11.1. The van der Waals surface area contributed by atoms with Crippen molar-refractivity contribution in [3.63, 3.8) is 0 Å². The molecule has 0 radical (unpaired) electrons. The van der Waals surface area contributed by atoms with Gasteiger partial charge in [-0.2, -0.15) is 0 Å². The van der Waals surface area contributed by atoms with Gasteiger partial charge in [-0.1, -0.05) is 43.3 Å². The molecule has 6 heteroatoms. The molecule has 2 N–H and O–H groups in total. The molecule has 0 unspecified atom stereocenters. The summed E-state index contributed by atoms with van der Waals surface area (Å²) in [5, 5.41) is 2.81. The lowest BCUT2D eigenvalue weighted by Crippen LogP contribution is -2.16. The molecule has 0 bridgehead atoms. The van der Waals surface area contributed by atoms with Crippen LogP contribution < -0.4 is 10.0 Å². The van der Waals surface area contributed by atoms with Crippen LogP contribution in [0.25, 0.3) is 0 Å². The smallest absolute Gasteiger partial charge is 0.261 e. The van der Waals surface area contributed by atoms with E-state index in [1.54, 1.807) is 30.3 Å². The highest BCUT2D eigenvalue weighted by Gasteiger charge is 2.17. The summed E-state index contributed by atoms with van der Waals surface area (Å²) in [5.74, 6) is -0.362.